The summed E-state index contributed by atoms with van der Waals surface area (Å²) >= 11 is 7.67. The number of alkyl halides is 3. The maximum atomic E-state index is 16.8. The first-order valence-electron chi connectivity index (χ1n) is 16.6. The summed E-state index contributed by atoms with van der Waals surface area (Å²) in [4.78, 5) is 16.0. The van der Waals surface area contributed by atoms with Gasteiger partial charge < -0.3 is 25.8 Å². The molecule has 0 radical (unpaired) electrons. The fourth-order valence-electron chi connectivity index (χ4n) is 7.40. The molecule has 0 bridgehead atoms. The standard InChI is InChI=1S/C29H20ClF4N7O2S.C7H12FN/c1-3-29(33,34)24(13-5-4-8-38-25(13)36)41-9-10-43-22-18-21(39-28(42-2)40-27(18)41)20(32)17(19(22)30)12-6-7-15(31)23-16(12)14(11-35)26(37)44-23;8-6-4-7-2-1-3-9(7)5-6/h3-8,24H,1,9-10,37H2,2H3,(H2,36,38);6-7H,1-5H2. The average molecular weight is 771 g/mol. The Morgan fingerprint density at radius 2 is 2.00 bits per heavy atom. The molecule has 8 rings (SSSR count). The minimum atomic E-state index is -3.60. The molecule has 3 aliphatic rings. The van der Waals surface area contributed by atoms with Crippen LogP contribution in [0.25, 0.3) is 32.1 Å². The summed E-state index contributed by atoms with van der Waals surface area (Å²) in [6.45, 7) is 4.76. The van der Waals surface area contributed by atoms with Crippen LogP contribution in [0, 0.1) is 23.0 Å². The van der Waals surface area contributed by atoms with Crippen LogP contribution in [-0.4, -0.2) is 71.3 Å². The first-order chi connectivity index (χ1) is 25.4. The molecule has 3 unspecified atom stereocenters. The number of nitriles is 1. The van der Waals surface area contributed by atoms with E-state index in [0.29, 0.717) is 18.7 Å². The second-order valence-electron chi connectivity index (χ2n) is 12.8. The second-order valence-corrected chi connectivity index (χ2v) is 14.2. The van der Waals surface area contributed by atoms with Crippen LogP contribution in [0.15, 0.2) is 43.1 Å². The van der Waals surface area contributed by atoms with Crippen LogP contribution in [0.4, 0.5) is 38.6 Å². The number of fused-ring (bicyclic) bond motifs is 2. The number of halogens is 6. The Bertz CT molecular complexity index is 2290. The van der Waals surface area contributed by atoms with E-state index < -0.39 is 29.8 Å². The molecule has 2 fully saturated rings. The summed E-state index contributed by atoms with van der Waals surface area (Å²) in [7, 11) is 1.23. The van der Waals surface area contributed by atoms with E-state index >= 15 is 13.2 Å². The number of methoxy groups -OCH3 is 1. The molecule has 17 heteroatoms. The molecule has 3 atom stereocenters. The van der Waals surface area contributed by atoms with Crippen molar-refractivity contribution in [2.45, 2.75) is 43.4 Å². The van der Waals surface area contributed by atoms with Gasteiger partial charge in [0.15, 0.2) is 11.6 Å². The maximum absolute atomic E-state index is 16.8. The molecular weight excluding hydrogens is 739 g/mol. The third-order valence-electron chi connectivity index (χ3n) is 9.75. The van der Waals surface area contributed by atoms with E-state index in [-0.39, 0.29) is 89.8 Å². The minimum Gasteiger partial charge on any atom is -0.489 e. The molecule has 3 aromatic heterocycles. The predicted octanol–water partition coefficient (Wildman–Crippen LogP) is 7.84. The molecule has 0 amide bonds. The zero-order valence-corrected chi connectivity index (χ0v) is 29.8. The Labute approximate surface area is 309 Å². The Balaban J connectivity index is 0.000000418. The lowest BCUT2D eigenvalue weighted by atomic mass is 9.96. The molecule has 53 heavy (non-hydrogen) atoms. The van der Waals surface area contributed by atoms with Crippen molar-refractivity contribution >= 4 is 60.6 Å². The minimum absolute atomic E-state index is 0.0228. The molecule has 0 aliphatic carbocycles. The number of benzene rings is 2. The summed E-state index contributed by atoms with van der Waals surface area (Å²) in [5.41, 5.74) is 11.3. The van der Waals surface area contributed by atoms with Crippen molar-refractivity contribution < 1.29 is 31.4 Å². The highest BCUT2D eigenvalue weighted by Crippen LogP contribution is 2.52. The number of nitrogens with zero attached hydrogens (tertiary/aromatic N) is 6. The van der Waals surface area contributed by atoms with E-state index in [9.17, 15) is 14.0 Å². The lowest BCUT2D eigenvalue weighted by molar-refractivity contribution is 0.0222. The zero-order valence-electron chi connectivity index (χ0n) is 28.2. The molecule has 4 N–H and O–H groups in total. The van der Waals surface area contributed by atoms with Crippen molar-refractivity contribution in [3.8, 4) is 29.0 Å². The van der Waals surface area contributed by atoms with E-state index in [0.717, 1.165) is 30.4 Å². The molecular formula is C36H32ClF5N8O2S. The predicted molar refractivity (Wildman–Crippen MR) is 194 cm³/mol. The average Bonchev–Trinajstić information content (AvgIpc) is 3.79. The Morgan fingerprint density at radius 3 is 2.70 bits per heavy atom. The van der Waals surface area contributed by atoms with E-state index in [4.69, 9.17) is 32.5 Å². The van der Waals surface area contributed by atoms with Crippen LogP contribution in [0.2, 0.25) is 5.02 Å². The second kappa shape index (κ2) is 14.1. The molecule has 6 heterocycles. The summed E-state index contributed by atoms with van der Waals surface area (Å²) in [5.74, 6) is -5.73. The van der Waals surface area contributed by atoms with E-state index in [1.54, 1.807) is 0 Å². The molecule has 5 aromatic rings. The van der Waals surface area contributed by atoms with Crippen LogP contribution < -0.4 is 25.8 Å². The highest BCUT2D eigenvalue weighted by Gasteiger charge is 2.46. The quantitative estimate of drug-likeness (QED) is 0.130. The molecule has 276 valence electrons. The van der Waals surface area contributed by atoms with Crippen LogP contribution in [0.3, 0.4) is 0 Å². The molecule has 3 aliphatic heterocycles. The number of ether oxygens (including phenoxy) is 2. The smallest absolute Gasteiger partial charge is 0.318 e. The third-order valence-corrected chi connectivity index (χ3v) is 11.1. The van der Waals surface area contributed by atoms with Crippen LogP contribution in [0.1, 0.15) is 36.4 Å². The van der Waals surface area contributed by atoms with Crippen molar-refractivity contribution in [1.82, 2.24) is 19.9 Å². The van der Waals surface area contributed by atoms with Crippen LogP contribution >= 0.6 is 22.9 Å². The van der Waals surface area contributed by atoms with E-state index in [2.05, 4.69) is 26.4 Å². The number of nitrogens with two attached hydrogens (primary N) is 2. The van der Waals surface area contributed by atoms with Gasteiger partial charge in [0.25, 0.3) is 5.92 Å². The first kappa shape index (κ1) is 36.4. The SMILES string of the molecule is C=CC(F)(F)C(c1cccnc1N)N1CCOc2c(Cl)c(-c3ccc(F)c4sc(N)c(C#N)c34)c(F)c3nc(OC)nc1c23.FC1CC2CCCN2C1. The molecule has 0 saturated carbocycles. The number of nitrogen functional groups attached to an aromatic ring is 2. The van der Waals surface area contributed by atoms with Gasteiger partial charge in [-0.1, -0.05) is 30.3 Å². The number of anilines is 3. The van der Waals surface area contributed by atoms with Crippen molar-refractivity contribution in [3.63, 3.8) is 0 Å². The normalized spacial score (nSPS) is 18.9. The number of hydrogen-bond donors (Lipinski definition) is 2. The molecule has 2 saturated heterocycles. The van der Waals surface area contributed by atoms with E-state index in [1.807, 2.05) is 6.07 Å². The third kappa shape index (κ3) is 6.20. The van der Waals surface area contributed by atoms with Gasteiger partial charge in [0, 0.05) is 35.3 Å². The number of hydrogen-bond acceptors (Lipinski definition) is 11. The summed E-state index contributed by atoms with van der Waals surface area (Å²) < 4.78 is 86.9. The van der Waals surface area contributed by atoms with Gasteiger partial charge in [-0.15, -0.1) is 11.3 Å². The zero-order chi connectivity index (χ0) is 37.8. The first-order valence-corrected chi connectivity index (χ1v) is 17.8. The van der Waals surface area contributed by atoms with Gasteiger partial charge in [-0.25, -0.2) is 18.2 Å². The van der Waals surface area contributed by atoms with Crippen molar-refractivity contribution in [3.05, 3.63) is 70.9 Å². The highest BCUT2D eigenvalue weighted by atomic mass is 35.5. The fraction of sp³-hybridized carbons (Fsp3) is 0.333. The van der Waals surface area contributed by atoms with Crippen molar-refractivity contribution in [2.75, 3.05) is 49.7 Å². The summed E-state index contributed by atoms with van der Waals surface area (Å²) in [5, 5.41) is 9.48. The van der Waals surface area contributed by atoms with Crippen LogP contribution in [0.5, 0.6) is 11.8 Å². The van der Waals surface area contributed by atoms with E-state index in [1.165, 1.54) is 49.2 Å². The Morgan fingerprint density at radius 1 is 1.21 bits per heavy atom. The van der Waals surface area contributed by atoms with Gasteiger partial charge >= 0.3 is 6.01 Å². The lowest BCUT2D eigenvalue weighted by Gasteiger charge is -2.36. The number of thiophene rings is 1. The van der Waals surface area contributed by atoms with Gasteiger partial charge in [-0.2, -0.15) is 24.0 Å². The summed E-state index contributed by atoms with van der Waals surface area (Å²) in [6, 6.07) is 5.61. The Kier molecular flexibility index (Phi) is 9.68. The van der Waals surface area contributed by atoms with Gasteiger partial charge in [-0.05, 0) is 49.6 Å². The van der Waals surface area contributed by atoms with Gasteiger partial charge in [0.2, 0.25) is 0 Å². The number of rotatable bonds is 6. The number of aromatic nitrogens is 3. The fourth-order valence-corrected chi connectivity index (χ4v) is 8.68. The molecule has 10 nitrogen and oxygen atoms in total. The van der Waals surface area contributed by atoms with Crippen LogP contribution in [-0.2, 0) is 0 Å². The monoisotopic (exact) mass is 770 g/mol. The van der Waals surface area contributed by atoms with Gasteiger partial charge in [0.1, 0.15) is 52.9 Å². The molecule has 2 aromatic carbocycles. The Hall–Kier alpha value is -4.98. The van der Waals surface area contributed by atoms with Gasteiger partial charge in [0.05, 0.1) is 34.3 Å². The maximum Gasteiger partial charge on any atom is 0.318 e. The highest BCUT2D eigenvalue weighted by molar-refractivity contribution is 7.23. The summed E-state index contributed by atoms with van der Waals surface area (Å²) in [6.07, 6.45) is 4.65. The van der Waals surface area contributed by atoms with Gasteiger partial charge in [-0.3, -0.25) is 4.90 Å². The molecule has 0 spiro atoms. The number of pyridine rings is 1. The lowest BCUT2D eigenvalue weighted by Crippen LogP contribution is -2.42. The van der Waals surface area contributed by atoms with Crippen molar-refractivity contribution in [1.29, 1.82) is 5.26 Å². The largest absolute Gasteiger partial charge is 0.489 e. The van der Waals surface area contributed by atoms with Crippen molar-refractivity contribution in [2.24, 2.45) is 0 Å². The topological polar surface area (TPSA) is 139 Å².